The van der Waals surface area contributed by atoms with E-state index in [1.165, 1.54) is 11.3 Å². The highest BCUT2D eigenvalue weighted by Gasteiger charge is 2.24. The summed E-state index contributed by atoms with van der Waals surface area (Å²) in [5, 5.41) is 0. The average Bonchev–Trinajstić information content (AvgIpc) is 2.82. The van der Waals surface area contributed by atoms with Crippen molar-refractivity contribution in [3.8, 4) is 0 Å². The molecule has 0 saturated carbocycles. The highest BCUT2D eigenvalue weighted by atomic mass is 35.5. The summed E-state index contributed by atoms with van der Waals surface area (Å²) in [6.07, 6.45) is 5.61. The first kappa shape index (κ1) is 17.5. The molecule has 20 heavy (non-hydrogen) atoms. The van der Waals surface area contributed by atoms with E-state index in [2.05, 4.69) is 0 Å². The summed E-state index contributed by atoms with van der Waals surface area (Å²) in [6.45, 7) is 3.62. The second kappa shape index (κ2) is 8.03. The second-order valence-electron chi connectivity index (χ2n) is 5.02. The summed E-state index contributed by atoms with van der Waals surface area (Å²) in [5.41, 5.74) is 5.93. The van der Waals surface area contributed by atoms with E-state index in [0.29, 0.717) is 5.92 Å². The van der Waals surface area contributed by atoms with E-state index in [-0.39, 0.29) is 24.4 Å². The molecule has 1 aromatic heterocycles. The number of piperidine rings is 1. The van der Waals surface area contributed by atoms with Gasteiger partial charge in [0.25, 0.3) is 0 Å². The minimum atomic E-state index is 0. The van der Waals surface area contributed by atoms with Crippen molar-refractivity contribution in [2.45, 2.75) is 25.8 Å². The average molecular weight is 335 g/mol. The number of halogens is 2. The highest BCUT2D eigenvalue weighted by Crippen LogP contribution is 2.23. The molecule has 1 amide bonds. The molecule has 1 aromatic rings. The Balaban J connectivity index is 0.00000200. The molecular formula is C14H20Cl2N2OS. The molecule has 3 nitrogen and oxygen atoms in total. The molecular weight excluding hydrogens is 315 g/mol. The third-order valence-electron chi connectivity index (χ3n) is 3.50. The fourth-order valence-electron chi connectivity index (χ4n) is 2.32. The maximum absolute atomic E-state index is 12.1. The first-order valence-electron chi connectivity index (χ1n) is 6.54. The SMILES string of the molecule is CC(N)C1CCCN(C(=O)C=Cc2ccc(Cl)s2)C1.Cl. The van der Waals surface area contributed by atoms with Crippen LogP contribution in [0.1, 0.15) is 24.6 Å². The van der Waals surface area contributed by atoms with Crippen molar-refractivity contribution in [3.05, 3.63) is 27.4 Å². The lowest BCUT2D eigenvalue weighted by Gasteiger charge is -2.34. The molecule has 2 unspecified atom stereocenters. The monoisotopic (exact) mass is 334 g/mol. The van der Waals surface area contributed by atoms with E-state index in [9.17, 15) is 4.79 Å². The van der Waals surface area contributed by atoms with Crippen LogP contribution in [-0.2, 0) is 4.79 Å². The number of likely N-dealkylation sites (tertiary alicyclic amines) is 1. The fraction of sp³-hybridized carbons (Fsp3) is 0.500. The van der Waals surface area contributed by atoms with Crippen molar-refractivity contribution in [1.82, 2.24) is 4.90 Å². The molecule has 0 spiro atoms. The Hall–Kier alpha value is -0.550. The van der Waals surface area contributed by atoms with E-state index in [1.54, 1.807) is 6.08 Å². The number of nitrogens with zero attached hydrogens (tertiary/aromatic N) is 1. The van der Waals surface area contributed by atoms with E-state index in [4.69, 9.17) is 17.3 Å². The first-order chi connectivity index (χ1) is 9.06. The third-order valence-corrected chi connectivity index (χ3v) is 4.69. The zero-order valence-corrected chi connectivity index (χ0v) is 13.8. The quantitative estimate of drug-likeness (QED) is 0.861. The standard InChI is InChI=1S/C14H19ClN2OS.ClH/c1-10(16)11-3-2-8-17(9-11)14(18)7-5-12-4-6-13(15)19-12;/h4-7,10-11H,2-3,8-9,16H2,1H3;1H. The summed E-state index contributed by atoms with van der Waals surface area (Å²) < 4.78 is 0.738. The summed E-state index contributed by atoms with van der Waals surface area (Å²) in [4.78, 5) is 15.0. The normalized spacial score (nSPS) is 20.8. The van der Waals surface area contributed by atoms with E-state index >= 15 is 0 Å². The minimum absolute atomic E-state index is 0. The van der Waals surface area contributed by atoms with E-state index in [1.807, 2.05) is 30.0 Å². The summed E-state index contributed by atoms with van der Waals surface area (Å²) >= 11 is 7.32. The van der Waals surface area contributed by atoms with Crippen LogP contribution in [0.5, 0.6) is 0 Å². The number of rotatable bonds is 3. The lowest BCUT2D eigenvalue weighted by molar-refractivity contribution is -0.127. The lowest BCUT2D eigenvalue weighted by atomic mass is 9.92. The largest absolute Gasteiger partial charge is 0.339 e. The Bertz CT molecular complexity index is 473. The zero-order chi connectivity index (χ0) is 13.8. The van der Waals surface area contributed by atoms with Crippen LogP contribution >= 0.6 is 35.3 Å². The van der Waals surface area contributed by atoms with Gasteiger partial charge in [-0.25, -0.2) is 0 Å². The number of hydrogen-bond donors (Lipinski definition) is 1. The van der Waals surface area contributed by atoms with E-state index in [0.717, 1.165) is 35.1 Å². The van der Waals surface area contributed by atoms with Crippen LogP contribution < -0.4 is 5.73 Å². The van der Waals surface area contributed by atoms with Gasteiger partial charge in [0.1, 0.15) is 0 Å². The van der Waals surface area contributed by atoms with Crippen LogP contribution in [0.25, 0.3) is 6.08 Å². The zero-order valence-electron chi connectivity index (χ0n) is 11.4. The van der Waals surface area contributed by atoms with Gasteiger partial charge in [0.15, 0.2) is 0 Å². The molecule has 112 valence electrons. The Morgan fingerprint density at radius 1 is 1.60 bits per heavy atom. The maximum Gasteiger partial charge on any atom is 0.246 e. The molecule has 2 atom stereocenters. The predicted octanol–water partition coefficient (Wildman–Crippen LogP) is 3.42. The molecule has 6 heteroatoms. The Morgan fingerprint density at radius 2 is 2.35 bits per heavy atom. The molecule has 1 fully saturated rings. The van der Waals surface area contributed by atoms with Gasteiger partial charge in [-0.05, 0) is 43.9 Å². The van der Waals surface area contributed by atoms with Crippen LogP contribution in [-0.4, -0.2) is 29.9 Å². The topological polar surface area (TPSA) is 46.3 Å². The summed E-state index contributed by atoms with van der Waals surface area (Å²) in [6, 6.07) is 3.90. The van der Waals surface area contributed by atoms with Crippen molar-refractivity contribution in [2.75, 3.05) is 13.1 Å². The number of carbonyl (C=O) groups is 1. The molecule has 0 radical (unpaired) electrons. The van der Waals surface area contributed by atoms with Gasteiger partial charge in [0.05, 0.1) is 4.34 Å². The summed E-state index contributed by atoms with van der Waals surface area (Å²) in [5.74, 6) is 0.483. The minimum Gasteiger partial charge on any atom is -0.339 e. The van der Waals surface area contributed by atoms with Gasteiger partial charge in [0.2, 0.25) is 5.91 Å². The van der Waals surface area contributed by atoms with Crippen LogP contribution in [0.2, 0.25) is 4.34 Å². The Morgan fingerprint density at radius 3 is 2.95 bits per heavy atom. The van der Waals surface area contributed by atoms with Crippen molar-refractivity contribution < 1.29 is 4.79 Å². The van der Waals surface area contributed by atoms with Gasteiger partial charge >= 0.3 is 0 Å². The van der Waals surface area contributed by atoms with Gasteiger partial charge in [-0.1, -0.05) is 11.6 Å². The van der Waals surface area contributed by atoms with E-state index < -0.39 is 0 Å². The second-order valence-corrected chi connectivity index (χ2v) is 6.77. The number of carbonyl (C=O) groups excluding carboxylic acids is 1. The molecule has 0 bridgehead atoms. The van der Waals surface area contributed by atoms with Gasteiger partial charge in [0, 0.05) is 30.1 Å². The van der Waals surface area contributed by atoms with Crippen LogP contribution in [0.3, 0.4) is 0 Å². The maximum atomic E-state index is 12.1. The number of nitrogens with two attached hydrogens (primary N) is 1. The van der Waals surface area contributed by atoms with Crippen molar-refractivity contribution in [2.24, 2.45) is 11.7 Å². The highest BCUT2D eigenvalue weighted by molar-refractivity contribution is 7.17. The Kier molecular flexibility index (Phi) is 7.03. The number of amides is 1. The van der Waals surface area contributed by atoms with Crippen molar-refractivity contribution in [1.29, 1.82) is 0 Å². The van der Waals surface area contributed by atoms with Crippen LogP contribution in [0, 0.1) is 5.92 Å². The molecule has 2 heterocycles. The molecule has 1 aliphatic heterocycles. The lowest BCUT2D eigenvalue weighted by Crippen LogP contribution is -2.44. The Labute approximate surface area is 135 Å². The molecule has 2 N–H and O–H groups in total. The predicted molar refractivity (Wildman–Crippen MR) is 88.6 cm³/mol. The number of thiophene rings is 1. The molecule has 0 aromatic carbocycles. The molecule has 1 saturated heterocycles. The van der Waals surface area contributed by atoms with Crippen LogP contribution in [0.4, 0.5) is 0 Å². The van der Waals surface area contributed by atoms with Gasteiger partial charge in [-0.3, -0.25) is 4.79 Å². The van der Waals surface area contributed by atoms with Crippen molar-refractivity contribution >= 4 is 47.3 Å². The first-order valence-corrected chi connectivity index (χ1v) is 7.73. The third kappa shape index (κ3) is 4.77. The fourth-order valence-corrected chi connectivity index (χ4v) is 3.28. The smallest absolute Gasteiger partial charge is 0.246 e. The molecule has 2 rings (SSSR count). The number of hydrogen-bond acceptors (Lipinski definition) is 3. The molecule has 0 aliphatic carbocycles. The van der Waals surface area contributed by atoms with Gasteiger partial charge in [-0.2, -0.15) is 0 Å². The molecule has 1 aliphatic rings. The van der Waals surface area contributed by atoms with Gasteiger partial charge in [-0.15, -0.1) is 23.7 Å². The van der Waals surface area contributed by atoms with Crippen molar-refractivity contribution in [3.63, 3.8) is 0 Å². The van der Waals surface area contributed by atoms with Crippen LogP contribution in [0.15, 0.2) is 18.2 Å². The van der Waals surface area contributed by atoms with Gasteiger partial charge < -0.3 is 10.6 Å². The summed E-state index contributed by atoms with van der Waals surface area (Å²) in [7, 11) is 0.